The van der Waals surface area contributed by atoms with Crippen LogP contribution in [-0.4, -0.2) is 30.6 Å². The van der Waals surface area contributed by atoms with Gasteiger partial charge in [-0.25, -0.2) is 4.79 Å². The van der Waals surface area contributed by atoms with Gasteiger partial charge in [-0.15, -0.1) is 0 Å². The van der Waals surface area contributed by atoms with Crippen LogP contribution in [0.25, 0.3) is 10.4 Å². The van der Waals surface area contributed by atoms with Crippen LogP contribution in [0.1, 0.15) is 6.92 Å². The van der Waals surface area contributed by atoms with E-state index in [1.165, 1.54) is 0 Å². The molecule has 1 saturated heterocycles. The first-order chi connectivity index (χ1) is 6.20. The van der Waals surface area contributed by atoms with Crippen LogP contribution >= 0.6 is 0 Å². The highest BCUT2D eigenvalue weighted by atomic mass is 16.5. The molecular weight excluding hydrogens is 176 g/mol. The lowest BCUT2D eigenvalue weighted by molar-refractivity contribution is -0.154. The second kappa shape index (κ2) is 3.77. The first-order valence-corrected chi connectivity index (χ1v) is 3.72. The minimum atomic E-state index is -0.955. The van der Waals surface area contributed by atoms with Crippen molar-refractivity contribution in [1.29, 1.82) is 0 Å². The molecule has 1 rings (SSSR count). The lowest BCUT2D eigenvalue weighted by Crippen LogP contribution is -2.65. The summed E-state index contributed by atoms with van der Waals surface area (Å²) in [5.41, 5.74) is 8.08. The number of ether oxygens (including phenoxy) is 1. The third-order valence-electron chi connectivity index (χ3n) is 1.60. The molecule has 0 aromatic carbocycles. The summed E-state index contributed by atoms with van der Waals surface area (Å²) in [7, 11) is 0. The van der Waals surface area contributed by atoms with E-state index in [-0.39, 0.29) is 6.61 Å². The molecule has 1 aliphatic heterocycles. The minimum absolute atomic E-state index is 0.230. The lowest BCUT2D eigenvalue weighted by Gasteiger charge is -2.31. The number of nitrogens with one attached hydrogen (secondary N) is 1. The zero-order chi connectivity index (χ0) is 9.84. The number of azide groups is 1. The molecule has 0 radical (unpaired) electrons. The maximum atomic E-state index is 11.0. The molecule has 1 N–H and O–H groups in total. The predicted octanol–water partition coefficient (Wildman–Crippen LogP) is -0.273. The second-order valence-corrected chi connectivity index (χ2v) is 2.39. The van der Waals surface area contributed by atoms with Crippen LogP contribution in [0.15, 0.2) is 5.11 Å². The fourth-order valence-electron chi connectivity index (χ4n) is 0.967. The first-order valence-electron chi connectivity index (χ1n) is 3.72. The molecule has 13 heavy (non-hydrogen) atoms. The van der Waals surface area contributed by atoms with Gasteiger partial charge in [0.2, 0.25) is 5.91 Å². The molecule has 0 aromatic heterocycles. The summed E-state index contributed by atoms with van der Waals surface area (Å²) >= 11 is 0. The van der Waals surface area contributed by atoms with Gasteiger partial charge >= 0.3 is 5.97 Å². The zero-order valence-corrected chi connectivity index (χ0v) is 6.93. The van der Waals surface area contributed by atoms with Crippen molar-refractivity contribution >= 4 is 11.9 Å². The van der Waals surface area contributed by atoms with Gasteiger partial charge < -0.3 is 10.1 Å². The number of carbonyl (C=O) groups is 2. The van der Waals surface area contributed by atoms with Gasteiger partial charge in [0, 0.05) is 4.91 Å². The smallest absolute Gasteiger partial charge is 0.329 e. The molecule has 2 unspecified atom stereocenters. The highest BCUT2D eigenvalue weighted by Crippen LogP contribution is 2.12. The van der Waals surface area contributed by atoms with Crippen LogP contribution < -0.4 is 5.32 Å². The number of β-lactam (4-membered cyclic amide) rings is 1. The summed E-state index contributed by atoms with van der Waals surface area (Å²) in [6.45, 7) is 1.88. The van der Waals surface area contributed by atoms with Crippen molar-refractivity contribution in [1.82, 2.24) is 5.32 Å². The van der Waals surface area contributed by atoms with Crippen LogP contribution in [0.4, 0.5) is 0 Å². The third-order valence-corrected chi connectivity index (χ3v) is 1.60. The SMILES string of the molecule is CCOC(=O)C1NC(=O)C1N=[N+]=[N-]. The molecule has 1 amide bonds. The summed E-state index contributed by atoms with van der Waals surface area (Å²) < 4.78 is 4.63. The Morgan fingerprint density at radius 2 is 2.54 bits per heavy atom. The van der Waals surface area contributed by atoms with Crippen LogP contribution in [0.3, 0.4) is 0 Å². The van der Waals surface area contributed by atoms with Crippen LogP contribution in [0, 0.1) is 0 Å². The van der Waals surface area contributed by atoms with Gasteiger partial charge in [-0.3, -0.25) is 4.79 Å². The number of hydrogen-bond acceptors (Lipinski definition) is 4. The highest BCUT2D eigenvalue weighted by molar-refractivity contribution is 5.99. The third kappa shape index (κ3) is 1.70. The second-order valence-electron chi connectivity index (χ2n) is 2.39. The van der Waals surface area contributed by atoms with Gasteiger partial charge in [0.05, 0.1) is 6.61 Å². The van der Waals surface area contributed by atoms with Crippen molar-refractivity contribution in [2.45, 2.75) is 19.0 Å². The van der Waals surface area contributed by atoms with Gasteiger partial charge in [-0.2, -0.15) is 0 Å². The zero-order valence-electron chi connectivity index (χ0n) is 6.93. The van der Waals surface area contributed by atoms with Crippen molar-refractivity contribution in [2.24, 2.45) is 5.11 Å². The first kappa shape index (κ1) is 9.34. The Morgan fingerprint density at radius 1 is 1.85 bits per heavy atom. The largest absolute Gasteiger partial charge is 0.464 e. The Kier molecular flexibility index (Phi) is 2.71. The van der Waals surface area contributed by atoms with E-state index in [4.69, 9.17) is 5.53 Å². The summed E-state index contributed by atoms with van der Waals surface area (Å²) in [6, 6.07) is -1.77. The Morgan fingerprint density at radius 3 is 3.00 bits per heavy atom. The molecule has 7 heteroatoms. The number of rotatable bonds is 3. The summed E-state index contributed by atoms with van der Waals surface area (Å²) in [5, 5.41) is 5.45. The fourth-order valence-corrected chi connectivity index (χ4v) is 0.967. The normalized spacial score (nSPS) is 25.2. The molecule has 0 saturated carbocycles. The topological polar surface area (TPSA) is 104 Å². The Hall–Kier alpha value is -1.75. The van der Waals surface area contributed by atoms with Crippen LogP contribution in [0.5, 0.6) is 0 Å². The van der Waals surface area contributed by atoms with E-state index >= 15 is 0 Å². The van der Waals surface area contributed by atoms with Gasteiger partial charge in [0.1, 0.15) is 12.1 Å². The van der Waals surface area contributed by atoms with Crippen LogP contribution in [0.2, 0.25) is 0 Å². The molecular formula is C6H8N4O3. The van der Waals surface area contributed by atoms with E-state index in [9.17, 15) is 9.59 Å². The van der Waals surface area contributed by atoms with E-state index in [1.807, 2.05) is 0 Å². The molecule has 0 aromatic rings. The van der Waals surface area contributed by atoms with Crippen LogP contribution in [-0.2, 0) is 14.3 Å². The number of hydrogen-bond donors (Lipinski definition) is 1. The quantitative estimate of drug-likeness (QED) is 0.214. The molecule has 7 nitrogen and oxygen atoms in total. The fraction of sp³-hybridized carbons (Fsp3) is 0.667. The number of nitrogens with zero attached hydrogens (tertiary/aromatic N) is 3. The standard InChI is InChI=1S/C6H8N4O3/c1-2-13-6(12)4-3(9-10-7)5(11)8-4/h3-4H,2H2,1H3,(H,8,11). The van der Waals surface area contributed by atoms with Gasteiger partial charge in [-0.05, 0) is 12.5 Å². The Balaban J connectivity index is 2.58. The molecule has 0 spiro atoms. The average Bonchev–Trinajstić information content (AvgIpc) is 2.10. The molecule has 0 bridgehead atoms. The number of amides is 1. The molecule has 70 valence electrons. The molecule has 0 aliphatic carbocycles. The minimum Gasteiger partial charge on any atom is -0.464 e. The molecule has 1 fully saturated rings. The Bertz CT molecular complexity index is 282. The lowest BCUT2D eigenvalue weighted by atomic mass is 10.0. The van der Waals surface area contributed by atoms with Gasteiger partial charge in [-0.1, -0.05) is 5.11 Å². The van der Waals surface area contributed by atoms with Crippen molar-refractivity contribution in [2.75, 3.05) is 6.61 Å². The molecule has 2 atom stereocenters. The van der Waals surface area contributed by atoms with E-state index in [1.54, 1.807) is 6.92 Å². The van der Waals surface area contributed by atoms with E-state index in [2.05, 4.69) is 20.1 Å². The van der Waals surface area contributed by atoms with Gasteiger partial charge in [0.25, 0.3) is 0 Å². The maximum Gasteiger partial charge on any atom is 0.329 e. The number of esters is 1. The monoisotopic (exact) mass is 184 g/mol. The Labute approximate surface area is 73.7 Å². The van der Waals surface area contributed by atoms with E-state index < -0.39 is 24.0 Å². The van der Waals surface area contributed by atoms with E-state index in [0.717, 1.165) is 0 Å². The summed E-state index contributed by atoms with van der Waals surface area (Å²) in [5.74, 6) is -1.02. The highest BCUT2D eigenvalue weighted by Gasteiger charge is 2.44. The maximum absolute atomic E-state index is 11.0. The molecule has 1 heterocycles. The molecule has 1 aliphatic rings. The van der Waals surface area contributed by atoms with Crippen molar-refractivity contribution < 1.29 is 14.3 Å². The summed E-state index contributed by atoms with van der Waals surface area (Å²) in [4.78, 5) is 24.2. The summed E-state index contributed by atoms with van der Waals surface area (Å²) in [6.07, 6.45) is 0. The average molecular weight is 184 g/mol. The van der Waals surface area contributed by atoms with Crippen molar-refractivity contribution in [3.8, 4) is 0 Å². The van der Waals surface area contributed by atoms with Crippen molar-refractivity contribution in [3.63, 3.8) is 0 Å². The number of carbonyl (C=O) groups excluding carboxylic acids is 2. The predicted molar refractivity (Wildman–Crippen MR) is 41.5 cm³/mol. The van der Waals surface area contributed by atoms with Gasteiger partial charge in [0.15, 0.2) is 0 Å². The van der Waals surface area contributed by atoms with E-state index in [0.29, 0.717) is 0 Å². The van der Waals surface area contributed by atoms with Crippen molar-refractivity contribution in [3.05, 3.63) is 10.4 Å².